The summed E-state index contributed by atoms with van der Waals surface area (Å²) in [6, 6.07) is 0. The molecule has 6 atom stereocenters. The van der Waals surface area contributed by atoms with Crippen LogP contribution in [0.3, 0.4) is 0 Å². The quantitative estimate of drug-likeness (QED) is 0.0228. The maximum atomic E-state index is 13.1. The number of aliphatic hydroxyl groups excluding tert-OH is 2. The molecule has 0 aromatic carbocycles. The normalized spacial score (nSPS) is 18.7. The molecule has 6 unspecified atom stereocenters. The molecule has 0 bridgehead atoms. The van der Waals surface area contributed by atoms with Crippen molar-refractivity contribution in [3.63, 3.8) is 0 Å². The second kappa shape index (κ2) is 53.7. The number of allylic oxidation sites excluding steroid dienone is 20. The molecule has 0 saturated carbocycles. The Bertz CT molecular complexity index is 1840. The van der Waals surface area contributed by atoms with Crippen LogP contribution in [0.2, 0.25) is 0 Å². The molecule has 1 aliphatic heterocycles. The summed E-state index contributed by atoms with van der Waals surface area (Å²) < 4.78 is 28.3. The van der Waals surface area contributed by atoms with Crippen LogP contribution in [0.15, 0.2) is 122 Å². The van der Waals surface area contributed by atoms with Crippen LogP contribution in [0.25, 0.3) is 0 Å². The number of hydrogen-bond donors (Lipinski definition) is 3. The van der Waals surface area contributed by atoms with Gasteiger partial charge in [0.15, 0.2) is 24.6 Å². The molecule has 0 radical (unpaired) electrons. The summed E-state index contributed by atoms with van der Waals surface area (Å²) in [5.41, 5.74) is 0. The van der Waals surface area contributed by atoms with E-state index in [1.165, 1.54) is 38.5 Å². The molecule has 0 aromatic rings. The lowest BCUT2D eigenvalue weighted by atomic mass is 9.98. The first kappa shape index (κ1) is 72.1. The second-order valence-electron chi connectivity index (χ2n) is 20.2. The Kier molecular flexibility index (Phi) is 49.1. The van der Waals surface area contributed by atoms with E-state index in [-0.39, 0.29) is 25.9 Å². The average molecular weight is 1100 g/mol. The standard InChI is InChI=1S/C67H106O12/c1-4-7-10-13-16-19-22-24-26-28-30-32-34-36-39-41-44-47-50-53-59(68)75-56-58(77-60(69)54-51-48-45-42-38-21-18-15-12-9-6-3)57-76-67-65(63(72)62(71)64(79-67)66(73)74)78-61(70)55-52-49-46-43-40-37-35-33-31-29-27-25-23-20-17-14-11-8-5-2/h8,11,15-20,24-27,30-33,37,40,46,49,58,62-65,67,71-72H,4-7,9-10,12-14,21-23,28-29,34-36,38-39,41-45,47-48,50-57H2,1-3H3,(H,73,74)/b11-8-,18-15-,19-16-,20-17-,26-24-,27-25-,32-30-,33-31-,40-37-,49-46-. The van der Waals surface area contributed by atoms with Crippen molar-refractivity contribution in [3.05, 3.63) is 122 Å². The van der Waals surface area contributed by atoms with Crippen molar-refractivity contribution < 1.29 is 58.2 Å². The number of rotatable bonds is 50. The molecule has 12 heteroatoms. The molecule has 3 N–H and O–H groups in total. The topological polar surface area (TPSA) is 175 Å². The molecule has 1 rings (SSSR count). The van der Waals surface area contributed by atoms with Crippen LogP contribution in [0.5, 0.6) is 0 Å². The van der Waals surface area contributed by atoms with Gasteiger partial charge >= 0.3 is 23.9 Å². The van der Waals surface area contributed by atoms with Crippen molar-refractivity contribution in [3.8, 4) is 0 Å². The summed E-state index contributed by atoms with van der Waals surface area (Å²) in [6.45, 7) is 5.75. The van der Waals surface area contributed by atoms with Crippen molar-refractivity contribution >= 4 is 23.9 Å². The molecule has 0 aromatic heterocycles. The van der Waals surface area contributed by atoms with Gasteiger partial charge in [0.25, 0.3) is 0 Å². The van der Waals surface area contributed by atoms with Crippen molar-refractivity contribution in [2.75, 3.05) is 13.2 Å². The molecular weight excluding hydrogens is 997 g/mol. The Balaban J connectivity index is 2.71. The highest BCUT2D eigenvalue weighted by molar-refractivity contribution is 5.74. The molecule has 1 saturated heterocycles. The average Bonchev–Trinajstić information content (AvgIpc) is 3.43. The Morgan fingerprint density at radius 2 is 0.835 bits per heavy atom. The number of carboxylic acid groups (broad SMARTS) is 1. The zero-order valence-corrected chi connectivity index (χ0v) is 49.1. The van der Waals surface area contributed by atoms with Gasteiger partial charge in [0.1, 0.15) is 18.8 Å². The number of aliphatic hydroxyl groups is 2. The van der Waals surface area contributed by atoms with Crippen molar-refractivity contribution in [1.29, 1.82) is 0 Å². The maximum absolute atomic E-state index is 13.1. The maximum Gasteiger partial charge on any atom is 0.335 e. The summed E-state index contributed by atoms with van der Waals surface area (Å²) in [6.07, 6.45) is 61.8. The Morgan fingerprint density at radius 1 is 0.430 bits per heavy atom. The van der Waals surface area contributed by atoms with Crippen molar-refractivity contribution in [1.82, 2.24) is 0 Å². The van der Waals surface area contributed by atoms with E-state index >= 15 is 0 Å². The van der Waals surface area contributed by atoms with Crippen molar-refractivity contribution in [2.45, 2.75) is 263 Å². The Morgan fingerprint density at radius 3 is 1.32 bits per heavy atom. The van der Waals surface area contributed by atoms with Gasteiger partial charge in [-0.25, -0.2) is 4.79 Å². The van der Waals surface area contributed by atoms with Gasteiger partial charge in [-0.3, -0.25) is 14.4 Å². The lowest BCUT2D eigenvalue weighted by molar-refractivity contribution is -0.301. The molecule has 0 aliphatic carbocycles. The van der Waals surface area contributed by atoms with Crippen LogP contribution in [0.1, 0.15) is 226 Å². The molecule has 1 aliphatic rings. The largest absolute Gasteiger partial charge is 0.479 e. The van der Waals surface area contributed by atoms with E-state index in [0.717, 1.165) is 122 Å². The molecule has 1 fully saturated rings. The number of aliphatic carboxylic acids is 1. The Hall–Kier alpha value is -4.88. The van der Waals surface area contributed by atoms with E-state index in [2.05, 4.69) is 124 Å². The molecule has 1 heterocycles. The number of carbonyl (C=O) groups excluding carboxylic acids is 3. The molecule has 0 spiro atoms. The van der Waals surface area contributed by atoms with Crippen LogP contribution in [-0.2, 0) is 42.9 Å². The number of carboxylic acids is 1. The monoisotopic (exact) mass is 1100 g/mol. The van der Waals surface area contributed by atoms with Gasteiger partial charge in [0, 0.05) is 19.3 Å². The highest BCUT2D eigenvalue weighted by Gasteiger charge is 2.50. The summed E-state index contributed by atoms with van der Waals surface area (Å²) in [5.74, 6) is -3.27. The highest BCUT2D eigenvalue weighted by Crippen LogP contribution is 2.26. The number of ether oxygens (including phenoxy) is 5. The van der Waals surface area contributed by atoms with E-state index in [9.17, 15) is 34.5 Å². The predicted octanol–water partition coefficient (Wildman–Crippen LogP) is 16.0. The van der Waals surface area contributed by atoms with E-state index in [0.29, 0.717) is 25.7 Å². The van der Waals surface area contributed by atoms with Crippen LogP contribution in [0, 0.1) is 0 Å². The predicted molar refractivity (Wildman–Crippen MR) is 321 cm³/mol. The Labute approximate surface area is 478 Å². The highest BCUT2D eigenvalue weighted by atomic mass is 16.7. The third kappa shape index (κ3) is 43.6. The van der Waals surface area contributed by atoms with E-state index in [4.69, 9.17) is 23.7 Å². The minimum atomic E-state index is -1.94. The summed E-state index contributed by atoms with van der Waals surface area (Å²) in [7, 11) is 0. The second-order valence-corrected chi connectivity index (χ2v) is 20.2. The number of unbranched alkanes of at least 4 members (excludes halogenated alkanes) is 16. The van der Waals surface area contributed by atoms with Gasteiger partial charge < -0.3 is 39.0 Å². The van der Waals surface area contributed by atoms with Gasteiger partial charge in [-0.2, -0.15) is 0 Å². The summed E-state index contributed by atoms with van der Waals surface area (Å²) in [4.78, 5) is 51.1. The van der Waals surface area contributed by atoms with Gasteiger partial charge in [-0.05, 0) is 116 Å². The number of hydrogen-bond acceptors (Lipinski definition) is 11. The lowest BCUT2D eigenvalue weighted by Gasteiger charge is -2.40. The van der Waals surface area contributed by atoms with E-state index in [1.54, 1.807) is 0 Å². The SMILES string of the molecule is CC/C=C\C/C=C\C/C=C\C/C=C\C/C=C\C/C=C\CCC(=O)OC1C(OCC(COC(=O)CCCCCCCC/C=C\C/C=C\C/C=C\CCCCC)OC(=O)CCCCCCC/C=C\CCCC)OC(C(=O)O)C(O)C1O. The fraction of sp³-hybridized carbons (Fsp3) is 0.642. The van der Waals surface area contributed by atoms with Crippen molar-refractivity contribution in [2.24, 2.45) is 0 Å². The first-order valence-electron chi connectivity index (χ1n) is 30.5. The number of carbonyl (C=O) groups is 4. The molecule has 446 valence electrons. The zero-order chi connectivity index (χ0) is 57.5. The van der Waals surface area contributed by atoms with Gasteiger partial charge in [-0.15, -0.1) is 0 Å². The summed E-state index contributed by atoms with van der Waals surface area (Å²) >= 11 is 0. The molecule has 12 nitrogen and oxygen atoms in total. The summed E-state index contributed by atoms with van der Waals surface area (Å²) in [5, 5.41) is 31.5. The number of esters is 3. The molecule has 79 heavy (non-hydrogen) atoms. The third-order valence-corrected chi connectivity index (χ3v) is 13.0. The fourth-order valence-corrected chi connectivity index (χ4v) is 8.32. The van der Waals surface area contributed by atoms with E-state index < -0.39 is 67.3 Å². The van der Waals surface area contributed by atoms with Crippen LogP contribution < -0.4 is 0 Å². The third-order valence-electron chi connectivity index (χ3n) is 13.0. The van der Waals surface area contributed by atoms with Crippen LogP contribution in [-0.4, -0.2) is 89.2 Å². The smallest absolute Gasteiger partial charge is 0.335 e. The minimum Gasteiger partial charge on any atom is -0.479 e. The van der Waals surface area contributed by atoms with Gasteiger partial charge in [0.05, 0.1) is 6.61 Å². The first-order chi connectivity index (χ1) is 38.6. The molecule has 0 amide bonds. The van der Waals surface area contributed by atoms with E-state index in [1.807, 2.05) is 18.2 Å². The fourth-order valence-electron chi connectivity index (χ4n) is 8.32. The lowest BCUT2D eigenvalue weighted by Crippen LogP contribution is -2.61. The van der Waals surface area contributed by atoms with Gasteiger partial charge in [-0.1, -0.05) is 213 Å². The molecular formula is C67H106O12. The van der Waals surface area contributed by atoms with Crippen LogP contribution in [0.4, 0.5) is 0 Å². The zero-order valence-electron chi connectivity index (χ0n) is 49.1. The minimum absolute atomic E-state index is 0.0727. The first-order valence-corrected chi connectivity index (χ1v) is 30.5. The van der Waals surface area contributed by atoms with Gasteiger partial charge in [0.2, 0.25) is 0 Å². The van der Waals surface area contributed by atoms with Crippen LogP contribution >= 0.6 is 0 Å².